The molecule has 1 aromatic carbocycles. The third-order valence-corrected chi connectivity index (χ3v) is 1.69. The number of nitrogens with one attached hydrogen (secondary N) is 1. The zero-order chi connectivity index (χ0) is 7.68. The van der Waals surface area contributed by atoms with Crippen molar-refractivity contribution in [1.29, 1.82) is 0 Å². The van der Waals surface area contributed by atoms with Crippen LogP contribution in [0.15, 0.2) is 24.3 Å². The SMILES string of the molecule is [O-][N+]1=CCNc2ccccc21. The number of fused-ring (bicyclic) bond motifs is 1. The van der Waals surface area contributed by atoms with Crippen molar-refractivity contribution in [3.8, 4) is 0 Å². The third kappa shape index (κ3) is 0.941. The molecule has 0 saturated heterocycles. The summed E-state index contributed by atoms with van der Waals surface area (Å²) in [7, 11) is 0. The fraction of sp³-hybridized carbons (Fsp3) is 0.125. The number of anilines is 1. The van der Waals surface area contributed by atoms with Gasteiger partial charge >= 0.3 is 0 Å². The molecule has 0 aromatic heterocycles. The maximum atomic E-state index is 11.1. The number of hydrogen-bond donors (Lipinski definition) is 1. The number of para-hydroxylation sites is 2. The maximum absolute atomic E-state index is 11.1. The van der Waals surface area contributed by atoms with Gasteiger partial charge in [-0.05, 0) is 6.07 Å². The van der Waals surface area contributed by atoms with E-state index in [0.717, 1.165) is 10.4 Å². The van der Waals surface area contributed by atoms with Crippen molar-refractivity contribution >= 4 is 17.6 Å². The highest BCUT2D eigenvalue weighted by atomic mass is 16.5. The quantitative estimate of drug-likeness (QED) is 0.445. The predicted molar refractivity (Wildman–Crippen MR) is 44.3 cm³/mol. The summed E-state index contributed by atoms with van der Waals surface area (Å²) in [5.74, 6) is 0. The molecule has 1 aromatic rings. The van der Waals surface area contributed by atoms with Crippen molar-refractivity contribution in [2.24, 2.45) is 0 Å². The molecule has 0 spiro atoms. The molecule has 0 radical (unpaired) electrons. The lowest BCUT2D eigenvalue weighted by atomic mass is 10.2. The Hall–Kier alpha value is -1.51. The lowest BCUT2D eigenvalue weighted by Gasteiger charge is -2.13. The van der Waals surface area contributed by atoms with E-state index in [2.05, 4.69) is 5.32 Å². The van der Waals surface area contributed by atoms with Crippen LogP contribution in [-0.2, 0) is 0 Å². The van der Waals surface area contributed by atoms with Crippen LogP contribution >= 0.6 is 0 Å². The van der Waals surface area contributed by atoms with Crippen LogP contribution in [0.2, 0.25) is 0 Å². The zero-order valence-corrected chi connectivity index (χ0v) is 5.95. The second kappa shape index (κ2) is 2.27. The first-order valence-electron chi connectivity index (χ1n) is 3.50. The van der Waals surface area contributed by atoms with Gasteiger partial charge in [0, 0.05) is 6.07 Å². The standard InChI is InChI=1S/C8H8N2O/c11-10-6-5-9-7-3-1-2-4-8(7)10/h1-4,6,9H,5H2. The molecule has 56 valence electrons. The van der Waals surface area contributed by atoms with Crippen LogP contribution in [0, 0.1) is 5.21 Å². The summed E-state index contributed by atoms with van der Waals surface area (Å²) in [4.78, 5) is 0. The van der Waals surface area contributed by atoms with Crippen LogP contribution < -0.4 is 5.32 Å². The largest absolute Gasteiger partial charge is 0.618 e. The Bertz CT molecular complexity index is 307. The summed E-state index contributed by atoms with van der Waals surface area (Å²) in [6, 6.07) is 7.45. The predicted octanol–water partition coefficient (Wildman–Crippen LogP) is 1.32. The third-order valence-electron chi connectivity index (χ3n) is 1.69. The normalized spacial score (nSPS) is 14.7. The van der Waals surface area contributed by atoms with Crippen LogP contribution in [0.4, 0.5) is 11.4 Å². The minimum Gasteiger partial charge on any atom is -0.618 e. The van der Waals surface area contributed by atoms with Gasteiger partial charge in [-0.15, -0.1) is 0 Å². The van der Waals surface area contributed by atoms with Crippen molar-refractivity contribution in [3.05, 3.63) is 29.5 Å². The number of benzene rings is 1. The van der Waals surface area contributed by atoms with Crippen molar-refractivity contribution in [3.63, 3.8) is 0 Å². The number of hydrogen-bond acceptors (Lipinski definition) is 2. The Kier molecular flexibility index (Phi) is 1.28. The van der Waals surface area contributed by atoms with E-state index in [1.54, 1.807) is 12.3 Å². The Morgan fingerprint density at radius 1 is 1.36 bits per heavy atom. The fourth-order valence-corrected chi connectivity index (χ4v) is 1.15. The average Bonchev–Trinajstić information content (AvgIpc) is 2.06. The Labute approximate surface area is 64.6 Å². The van der Waals surface area contributed by atoms with Gasteiger partial charge in [-0.2, -0.15) is 4.74 Å². The van der Waals surface area contributed by atoms with Crippen molar-refractivity contribution in [1.82, 2.24) is 0 Å². The first-order chi connectivity index (χ1) is 5.38. The molecule has 1 aliphatic rings. The molecule has 1 N–H and O–H groups in total. The number of rotatable bonds is 0. The summed E-state index contributed by atoms with van der Waals surface area (Å²) in [6.07, 6.45) is 1.57. The first kappa shape index (κ1) is 6.22. The average molecular weight is 148 g/mol. The van der Waals surface area contributed by atoms with Gasteiger partial charge in [-0.1, -0.05) is 12.1 Å². The molecule has 11 heavy (non-hydrogen) atoms. The molecule has 3 heteroatoms. The van der Waals surface area contributed by atoms with E-state index in [9.17, 15) is 5.21 Å². The molecule has 0 unspecified atom stereocenters. The molecule has 1 aliphatic heterocycles. The Morgan fingerprint density at radius 3 is 3.00 bits per heavy atom. The van der Waals surface area contributed by atoms with Gasteiger partial charge in [0.25, 0.3) is 0 Å². The monoisotopic (exact) mass is 148 g/mol. The van der Waals surface area contributed by atoms with Gasteiger partial charge in [-0.3, -0.25) is 0 Å². The van der Waals surface area contributed by atoms with Crippen molar-refractivity contribution in [2.75, 3.05) is 11.9 Å². The lowest BCUT2D eigenvalue weighted by molar-refractivity contribution is -0.356. The van der Waals surface area contributed by atoms with Gasteiger partial charge in [0.2, 0.25) is 5.69 Å². The van der Waals surface area contributed by atoms with Crippen LogP contribution in [0.25, 0.3) is 0 Å². The van der Waals surface area contributed by atoms with Crippen molar-refractivity contribution in [2.45, 2.75) is 0 Å². The molecular weight excluding hydrogens is 140 g/mol. The molecule has 0 saturated carbocycles. The molecule has 0 fully saturated rings. The Balaban J connectivity index is 2.56. The maximum Gasteiger partial charge on any atom is 0.239 e. The van der Waals surface area contributed by atoms with E-state index in [1.807, 2.05) is 18.2 Å². The van der Waals surface area contributed by atoms with Crippen molar-refractivity contribution < 1.29 is 4.74 Å². The van der Waals surface area contributed by atoms with Gasteiger partial charge in [0.1, 0.15) is 5.69 Å². The molecule has 1 heterocycles. The Morgan fingerprint density at radius 2 is 2.18 bits per heavy atom. The molecular formula is C8H8N2O. The van der Waals surface area contributed by atoms with E-state index in [0.29, 0.717) is 12.2 Å². The first-order valence-corrected chi connectivity index (χ1v) is 3.50. The van der Waals surface area contributed by atoms with Crippen LogP contribution in [0.3, 0.4) is 0 Å². The highest BCUT2D eigenvalue weighted by Crippen LogP contribution is 2.24. The van der Waals surface area contributed by atoms with E-state index in [4.69, 9.17) is 0 Å². The summed E-state index contributed by atoms with van der Waals surface area (Å²) in [6.45, 7) is 0.612. The van der Waals surface area contributed by atoms with Gasteiger partial charge in [0.05, 0.1) is 6.54 Å². The van der Waals surface area contributed by atoms with Crippen LogP contribution in [0.5, 0.6) is 0 Å². The second-order valence-corrected chi connectivity index (χ2v) is 2.41. The fourth-order valence-electron chi connectivity index (χ4n) is 1.15. The molecule has 3 nitrogen and oxygen atoms in total. The molecule has 0 bridgehead atoms. The van der Waals surface area contributed by atoms with Crippen LogP contribution in [0.1, 0.15) is 0 Å². The highest BCUT2D eigenvalue weighted by Gasteiger charge is 2.11. The summed E-state index contributed by atoms with van der Waals surface area (Å²) in [5, 5.41) is 14.2. The molecule has 0 aliphatic carbocycles. The summed E-state index contributed by atoms with van der Waals surface area (Å²) < 4.78 is 0.895. The van der Waals surface area contributed by atoms with E-state index in [1.165, 1.54) is 0 Å². The minimum atomic E-state index is 0.612. The smallest absolute Gasteiger partial charge is 0.239 e. The molecule has 0 amide bonds. The van der Waals surface area contributed by atoms with Crippen LogP contribution in [-0.4, -0.2) is 17.5 Å². The van der Waals surface area contributed by atoms with Gasteiger partial charge in [-0.25, -0.2) is 0 Å². The molecule has 2 rings (SSSR count). The van der Waals surface area contributed by atoms with Gasteiger partial charge < -0.3 is 10.5 Å². The zero-order valence-electron chi connectivity index (χ0n) is 5.95. The van der Waals surface area contributed by atoms with E-state index >= 15 is 0 Å². The summed E-state index contributed by atoms with van der Waals surface area (Å²) in [5.41, 5.74) is 1.60. The second-order valence-electron chi connectivity index (χ2n) is 2.41. The topological polar surface area (TPSA) is 38.1 Å². The highest BCUT2D eigenvalue weighted by molar-refractivity contribution is 5.72. The van der Waals surface area contributed by atoms with E-state index in [-0.39, 0.29) is 0 Å². The minimum absolute atomic E-state index is 0.612. The summed E-state index contributed by atoms with van der Waals surface area (Å²) >= 11 is 0. The van der Waals surface area contributed by atoms with E-state index < -0.39 is 0 Å². The number of nitrogens with zero attached hydrogens (tertiary/aromatic N) is 1. The van der Waals surface area contributed by atoms with Gasteiger partial charge in [0.15, 0.2) is 6.21 Å². The molecule has 0 atom stereocenters. The lowest BCUT2D eigenvalue weighted by Crippen LogP contribution is -2.15.